The Balaban J connectivity index is 1.57. The van der Waals surface area contributed by atoms with Crippen LogP contribution in [0.5, 0.6) is 0 Å². The van der Waals surface area contributed by atoms with Crippen LogP contribution in [0.4, 0.5) is 5.00 Å². The maximum Gasteiger partial charge on any atom is 0.341 e. The highest BCUT2D eigenvalue weighted by Gasteiger charge is 2.26. The van der Waals surface area contributed by atoms with Gasteiger partial charge in [0.2, 0.25) is 0 Å². The highest BCUT2D eigenvalue weighted by Crippen LogP contribution is 2.40. The topological polar surface area (TPSA) is 76.4 Å². The van der Waals surface area contributed by atoms with Gasteiger partial charge in [-0.05, 0) is 56.5 Å². The molecule has 2 aromatic heterocycles. The minimum absolute atomic E-state index is 0.174. The highest BCUT2D eigenvalue weighted by atomic mass is 32.1. The number of H-pyrrole nitrogens is 1. The molecule has 0 saturated carbocycles. The predicted molar refractivity (Wildman–Crippen MR) is 133 cm³/mol. The van der Waals surface area contributed by atoms with E-state index in [9.17, 15) is 9.59 Å². The number of aryl methyl sites for hydroxylation is 2. The summed E-state index contributed by atoms with van der Waals surface area (Å²) in [7, 11) is 0. The van der Waals surface area contributed by atoms with E-state index in [-0.39, 0.29) is 11.5 Å². The van der Waals surface area contributed by atoms with Gasteiger partial charge in [-0.15, -0.1) is 11.3 Å². The second-order valence-corrected chi connectivity index (χ2v) is 9.24. The Bertz CT molecular complexity index is 1440. The molecule has 5 rings (SSSR count). The molecule has 1 aliphatic carbocycles. The number of aromatic amines is 1. The molecule has 0 bridgehead atoms. The van der Waals surface area contributed by atoms with Gasteiger partial charge in [-0.25, -0.2) is 14.5 Å². The number of nitrogens with zero attached hydrogens (tertiary/aromatic N) is 2. The van der Waals surface area contributed by atoms with Crippen LogP contribution in [0.15, 0.2) is 52.3 Å². The minimum atomic E-state index is -0.331. The molecule has 0 aliphatic heterocycles. The summed E-state index contributed by atoms with van der Waals surface area (Å²) in [5.74, 6) is -0.331. The molecule has 1 N–H and O–H groups in total. The molecule has 7 heteroatoms. The van der Waals surface area contributed by atoms with Gasteiger partial charge in [-0.2, -0.15) is 0 Å². The largest absolute Gasteiger partial charge is 0.462 e. The Hall–Kier alpha value is -3.45. The molecular weight excluding hydrogens is 434 g/mol. The number of benzene rings is 2. The van der Waals surface area contributed by atoms with Crippen molar-refractivity contribution in [3.05, 3.63) is 80.1 Å². The number of aromatic nitrogens is 2. The fraction of sp³-hybridized carbons (Fsp3) is 0.269. The average molecular weight is 460 g/mol. The number of rotatable bonds is 5. The van der Waals surface area contributed by atoms with E-state index in [0.717, 1.165) is 53.4 Å². The van der Waals surface area contributed by atoms with Gasteiger partial charge >= 0.3 is 5.97 Å². The van der Waals surface area contributed by atoms with Crippen LogP contribution < -0.4 is 5.56 Å². The van der Waals surface area contributed by atoms with E-state index in [2.05, 4.69) is 10.1 Å². The van der Waals surface area contributed by atoms with Crippen molar-refractivity contribution in [1.29, 1.82) is 0 Å². The Kier molecular flexibility index (Phi) is 5.72. The number of esters is 1. The van der Waals surface area contributed by atoms with E-state index in [1.54, 1.807) is 17.8 Å². The standard InChI is InChI=1S/C26H25N3O3S/c1-3-32-26(31)23-19-12-6-7-14-22(19)33-24(23)27-15-20-16(2)28-29(25(20)30)21-13-8-10-17-9-4-5-11-18(17)21/h4-5,8-11,13,15,28H,3,6-7,12,14H2,1-2H3. The number of hydrogen-bond donors (Lipinski definition) is 1. The molecule has 0 fully saturated rings. The van der Waals surface area contributed by atoms with Crippen LogP contribution in [0, 0.1) is 6.92 Å². The van der Waals surface area contributed by atoms with Gasteiger partial charge in [0.25, 0.3) is 5.56 Å². The first-order chi connectivity index (χ1) is 16.1. The van der Waals surface area contributed by atoms with E-state index in [1.807, 2.05) is 49.4 Å². The molecule has 0 spiro atoms. The Labute approximate surface area is 195 Å². The monoisotopic (exact) mass is 459 g/mol. The smallest absolute Gasteiger partial charge is 0.341 e. The van der Waals surface area contributed by atoms with Gasteiger partial charge in [0, 0.05) is 22.2 Å². The Morgan fingerprint density at radius 3 is 2.82 bits per heavy atom. The van der Waals surface area contributed by atoms with E-state index in [1.165, 1.54) is 16.2 Å². The van der Waals surface area contributed by atoms with Crippen LogP contribution >= 0.6 is 11.3 Å². The first-order valence-corrected chi connectivity index (χ1v) is 12.1. The van der Waals surface area contributed by atoms with E-state index in [4.69, 9.17) is 4.74 Å². The lowest BCUT2D eigenvalue weighted by Crippen LogP contribution is -2.17. The highest BCUT2D eigenvalue weighted by molar-refractivity contribution is 7.16. The molecule has 0 amide bonds. The number of carbonyl (C=O) groups excluding carboxylic acids is 1. The zero-order chi connectivity index (χ0) is 22.9. The van der Waals surface area contributed by atoms with Crippen molar-refractivity contribution in [3.63, 3.8) is 0 Å². The molecule has 168 valence electrons. The fourth-order valence-electron chi connectivity index (χ4n) is 4.46. The molecule has 0 unspecified atom stereocenters. The second kappa shape index (κ2) is 8.83. The molecule has 0 saturated heterocycles. The van der Waals surface area contributed by atoms with Crippen molar-refractivity contribution < 1.29 is 9.53 Å². The normalized spacial score (nSPS) is 13.5. The lowest BCUT2D eigenvalue weighted by molar-refractivity contribution is 0.0526. The summed E-state index contributed by atoms with van der Waals surface area (Å²) in [6.45, 7) is 3.98. The summed E-state index contributed by atoms with van der Waals surface area (Å²) in [6, 6.07) is 13.9. The number of ether oxygens (including phenoxy) is 1. The van der Waals surface area contributed by atoms with Crippen molar-refractivity contribution in [2.24, 2.45) is 4.99 Å². The predicted octanol–water partition coefficient (Wildman–Crippen LogP) is 5.49. The number of aliphatic imine (C=N–C) groups is 1. The maximum atomic E-state index is 13.3. The number of fused-ring (bicyclic) bond motifs is 2. The van der Waals surface area contributed by atoms with E-state index < -0.39 is 0 Å². The van der Waals surface area contributed by atoms with Crippen LogP contribution in [-0.2, 0) is 17.6 Å². The first-order valence-electron chi connectivity index (χ1n) is 11.2. The summed E-state index contributed by atoms with van der Waals surface area (Å²) < 4.78 is 6.88. The van der Waals surface area contributed by atoms with Crippen molar-refractivity contribution in [3.8, 4) is 5.69 Å². The van der Waals surface area contributed by atoms with Crippen LogP contribution in [0.3, 0.4) is 0 Å². The van der Waals surface area contributed by atoms with E-state index >= 15 is 0 Å². The second-order valence-electron chi connectivity index (χ2n) is 8.16. The quantitative estimate of drug-likeness (QED) is 0.316. The molecule has 2 aromatic carbocycles. The number of hydrogen-bond acceptors (Lipinski definition) is 5. The number of nitrogens with one attached hydrogen (secondary N) is 1. The first kappa shape index (κ1) is 21.4. The minimum Gasteiger partial charge on any atom is -0.462 e. The van der Waals surface area contributed by atoms with Gasteiger partial charge in [0.05, 0.1) is 23.4 Å². The third-order valence-electron chi connectivity index (χ3n) is 6.07. The van der Waals surface area contributed by atoms with Gasteiger partial charge in [-0.3, -0.25) is 9.89 Å². The maximum absolute atomic E-state index is 13.3. The molecule has 4 aromatic rings. The summed E-state index contributed by atoms with van der Waals surface area (Å²) in [5.41, 5.74) is 3.44. The fourth-order valence-corrected chi connectivity index (χ4v) is 5.68. The SMILES string of the molecule is CCOC(=O)c1c(N=Cc2c(C)[nH]n(-c3cccc4ccccc34)c2=O)sc2c1CCCC2. The zero-order valence-corrected chi connectivity index (χ0v) is 19.5. The third kappa shape index (κ3) is 3.82. The lowest BCUT2D eigenvalue weighted by atomic mass is 9.95. The summed E-state index contributed by atoms with van der Waals surface area (Å²) in [4.78, 5) is 31.9. The van der Waals surface area contributed by atoms with E-state index in [0.29, 0.717) is 22.7 Å². The van der Waals surface area contributed by atoms with Gasteiger partial charge in [0.15, 0.2) is 0 Å². The average Bonchev–Trinajstić information content (AvgIpc) is 3.34. The molecule has 1 aliphatic rings. The number of thiophene rings is 1. The molecular formula is C26H25N3O3S. The Morgan fingerprint density at radius 1 is 1.18 bits per heavy atom. The van der Waals surface area contributed by atoms with Gasteiger partial charge in [-0.1, -0.05) is 36.4 Å². The van der Waals surface area contributed by atoms with Crippen LogP contribution in [-0.4, -0.2) is 28.6 Å². The molecule has 0 atom stereocenters. The summed E-state index contributed by atoms with van der Waals surface area (Å²) in [6.07, 6.45) is 5.58. The van der Waals surface area contributed by atoms with Gasteiger partial charge in [0.1, 0.15) is 5.00 Å². The van der Waals surface area contributed by atoms with Gasteiger partial charge < -0.3 is 4.74 Å². The molecule has 33 heavy (non-hydrogen) atoms. The zero-order valence-electron chi connectivity index (χ0n) is 18.7. The van der Waals surface area contributed by atoms with Crippen LogP contribution in [0.2, 0.25) is 0 Å². The van der Waals surface area contributed by atoms with Crippen molar-refractivity contribution >= 4 is 39.3 Å². The molecule has 2 heterocycles. The number of carbonyl (C=O) groups is 1. The Morgan fingerprint density at radius 2 is 1.97 bits per heavy atom. The van der Waals surface area contributed by atoms with Crippen molar-refractivity contribution in [2.45, 2.75) is 39.5 Å². The summed E-state index contributed by atoms with van der Waals surface area (Å²) in [5, 5.41) is 5.86. The lowest BCUT2D eigenvalue weighted by Gasteiger charge is -2.11. The van der Waals surface area contributed by atoms with Crippen LogP contribution in [0.25, 0.3) is 16.5 Å². The third-order valence-corrected chi connectivity index (χ3v) is 7.27. The summed E-state index contributed by atoms with van der Waals surface area (Å²) >= 11 is 1.53. The van der Waals surface area contributed by atoms with Crippen molar-refractivity contribution in [2.75, 3.05) is 6.61 Å². The molecule has 0 radical (unpaired) electrons. The van der Waals surface area contributed by atoms with Crippen molar-refractivity contribution in [1.82, 2.24) is 9.78 Å². The van der Waals surface area contributed by atoms with Crippen LogP contribution in [0.1, 0.15) is 51.8 Å². The molecule has 6 nitrogen and oxygen atoms in total.